The van der Waals surface area contributed by atoms with Gasteiger partial charge in [-0.1, -0.05) is 39.5 Å². The fourth-order valence-corrected chi connectivity index (χ4v) is 4.16. The lowest BCUT2D eigenvalue weighted by Crippen LogP contribution is -2.36. The van der Waals surface area contributed by atoms with E-state index in [9.17, 15) is 0 Å². The van der Waals surface area contributed by atoms with Crippen LogP contribution in [0.5, 0.6) is 0 Å². The number of nitrogens with one attached hydrogen (secondary N) is 1. The third-order valence-corrected chi connectivity index (χ3v) is 5.43. The Morgan fingerprint density at radius 3 is 2.69 bits per heavy atom. The number of unbranched alkanes of at least 4 members (excludes halogenated alkanes) is 1. The third-order valence-electron chi connectivity index (χ3n) is 3.92. The van der Waals surface area contributed by atoms with Crippen LogP contribution in [0.4, 0.5) is 0 Å². The zero-order chi connectivity index (χ0) is 11.8. The number of thioether (sulfide) groups is 1. The minimum absolute atomic E-state index is 0.759. The molecule has 1 rings (SSSR count). The lowest BCUT2D eigenvalue weighted by Gasteiger charge is -2.26. The standard InChI is InChI=1S/C14H29NS/c1-4-6-8-12(5-2)11-13(15-3)14-9-7-10-16-14/h12-15H,4-11H2,1-3H3. The van der Waals surface area contributed by atoms with E-state index in [0.29, 0.717) is 0 Å². The maximum atomic E-state index is 3.56. The van der Waals surface area contributed by atoms with Crippen molar-refractivity contribution < 1.29 is 0 Å². The Hall–Kier alpha value is 0.310. The molecule has 96 valence electrons. The summed E-state index contributed by atoms with van der Waals surface area (Å²) in [6.07, 6.45) is 9.80. The van der Waals surface area contributed by atoms with Gasteiger partial charge >= 0.3 is 0 Å². The molecule has 1 nitrogen and oxygen atoms in total. The largest absolute Gasteiger partial charge is 0.316 e. The molecular formula is C14H29NS. The second-order valence-electron chi connectivity index (χ2n) is 5.10. The predicted octanol–water partition coefficient (Wildman–Crippen LogP) is 4.08. The first kappa shape index (κ1) is 14.4. The van der Waals surface area contributed by atoms with Gasteiger partial charge < -0.3 is 5.32 Å². The van der Waals surface area contributed by atoms with Crippen LogP contribution in [0.3, 0.4) is 0 Å². The van der Waals surface area contributed by atoms with Gasteiger partial charge in [0.15, 0.2) is 0 Å². The molecule has 0 saturated carbocycles. The summed E-state index contributed by atoms with van der Waals surface area (Å²) in [4.78, 5) is 0. The summed E-state index contributed by atoms with van der Waals surface area (Å²) >= 11 is 2.19. The fraction of sp³-hybridized carbons (Fsp3) is 1.00. The highest BCUT2D eigenvalue weighted by atomic mass is 32.2. The molecule has 16 heavy (non-hydrogen) atoms. The van der Waals surface area contributed by atoms with E-state index in [-0.39, 0.29) is 0 Å². The van der Waals surface area contributed by atoms with E-state index in [2.05, 4.69) is 38.0 Å². The minimum Gasteiger partial charge on any atom is -0.316 e. The van der Waals surface area contributed by atoms with Gasteiger partial charge in [-0.3, -0.25) is 0 Å². The van der Waals surface area contributed by atoms with Crippen LogP contribution in [-0.2, 0) is 0 Å². The summed E-state index contributed by atoms with van der Waals surface area (Å²) in [5.74, 6) is 2.33. The lowest BCUT2D eigenvalue weighted by atomic mass is 9.90. The van der Waals surface area contributed by atoms with Crippen LogP contribution in [0.25, 0.3) is 0 Å². The molecule has 0 aromatic carbocycles. The topological polar surface area (TPSA) is 12.0 Å². The SMILES string of the molecule is CCCCC(CC)CC(NC)C1CCCS1. The summed E-state index contributed by atoms with van der Waals surface area (Å²) in [5.41, 5.74) is 0. The maximum Gasteiger partial charge on any atom is 0.0201 e. The molecule has 0 bridgehead atoms. The van der Waals surface area contributed by atoms with Crippen molar-refractivity contribution in [2.45, 2.75) is 70.1 Å². The van der Waals surface area contributed by atoms with E-state index in [1.807, 2.05) is 0 Å². The van der Waals surface area contributed by atoms with Crippen LogP contribution in [0.15, 0.2) is 0 Å². The smallest absolute Gasteiger partial charge is 0.0201 e. The summed E-state index contributed by atoms with van der Waals surface area (Å²) in [7, 11) is 2.15. The Kier molecular flexibility index (Phi) is 7.55. The van der Waals surface area contributed by atoms with Crippen molar-refractivity contribution in [2.24, 2.45) is 5.92 Å². The highest BCUT2D eigenvalue weighted by molar-refractivity contribution is 8.00. The highest BCUT2D eigenvalue weighted by Crippen LogP contribution is 2.32. The number of rotatable bonds is 8. The Morgan fingerprint density at radius 1 is 1.38 bits per heavy atom. The minimum atomic E-state index is 0.759. The van der Waals surface area contributed by atoms with Crippen molar-refractivity contribution in [3.05, 3.63) is 0 Å². The molecule has 0 amide bonds. The first-order chi connectivity index (χ1) is 7.81. The molecule has 0 aromatic rings. The van der Waals surface area contributed by atoms with Gasteiger partial charge in [0.05, 0.1) is 0 Å². The summed E-state index contributed by atoms with van der Waals surface area (Å²) < 4.78 is 0. The maximum absolute atomic E-state index is 3.56. The summed E-state index contributed by atoms with van der Waals surface area (Å²) in [5, 5.41) is 4.45. The molecule has 1 N–H and O–H groups in total. The van der Waals surface area contributed by atoms with Gasteiger partial charge in [-0.05, 0) is 38.0 Å². The Balaban J connectivity index is 2.33. The fourth-order valence-electron chi connectivity index (χ4n) is 2.72. The van der Waals surface area contributed by atoms with Gasteiger partial charge in [-0.15, -0.1) is 0 Å². The summed E-state index contributed by atoms with van der Waals surface area (Å²) in [6, 6.07) is 0.759. The van der Waals surface area contributed by atoms with Crippen LogP contribution in [0.2, 0.25) is 0 Å². The van der Waals surface area contributed by atoms with Gasteiger partial charge in [0, 0.05) is 11.3 Å². The van der Waals surface area contributed by atoms with E-state index < -0.39 is 0 Å². The van der Waals surface area contributed by atoms with Gasteiger partial charge in [0.2, 0.25) is 0 Å². The first-order valence-electron chi connectivity index (χ1n) is 7.10. The lowest BCUT2D eigenvalue weighted by molar-refractivity contribution is 0.352. The van der Waals surface area contributed by atoms with Crippen molar-refractivity contribution in [3.8, 4) is 0 Å². The van der Waals surface area contributed by atoms with Crippen LogP contribution >= 0.6 is 11.8 Å². The molecule has 0 spiro atoms. The summed E-state index contributed by atoms with van der Waals surface area (Å²) in [6.45, 7) is 4.66. The van der Waals surface area contributed by atoms with Gasteiger partial charge in [0.1, 0.15) is 0 Å². The van der Waals surface area contributed by atoms with E-state index in [0.717, 1.165) is 17.2 Å². The van der Waals surface area contributed by atoms with Gasteiger partial charge in [0.25, 0.3) is 0 Å². The Labute approximate surface area is 106 Å². The molecule has 1 fully saturated rings. The van der Waals surface area contributed by atoms with Crippen molar-refractivity contribution in [2.75, 3.05) is 12.8 Å². The third kappa shape index (κ3) is 4.67. The first-order valence-corrected chi connectivity index (χ1v) is 8.15. The number of hydrogen-bond acceptors (Lipinski definition) is 2. The van der Waals surface area contributed by atoms with E-state index in [1.54, 1.807) is 0 Å². The molecular weight excluding hydrogens is 214 g/mol. The molecule has 0 aromatic heterocycles. The normalized spacial score (nSPS) is 24.6. The molecule has 0 aliphatic carbocycles. The van der Waals surface area contributed by atoms with Crippen LogP contribution in [0.1, 0.15) is 58.8 Å². The molecule has 1 heterocycles. The average molecular weight is 243 g/mol. The average Bonchev–Trinajstić information content (AvgIpc) is 2.83. The zero-order valence-electron chi connectivity index (χ0n) is 11.3. The van der Waals surface area contributed by atoms with Crippen molar-refractivity contribution in [1.29, 1.82) is 0 Å². The molecule has 1 saturated heterocycles. The predicted molar refractivity (Wildman–Crippen MR) is 76.3 cm³/mol. The quantitative estimate of drug-likeness (QED) is 0.689. The Bertz CT molecular complexity index is 166. The van der Waals surface area contributed by atoms with Crippen molar-refractivity contribution in [3.63, 3.8) is 0 Å². The highest BCUT2D eigenvalue weighted by Gasteiger charge is 2.26. The molecule has 0 radical (unpaired) electrons. The van der Waals surface area contributed by atoms with Crippen molar-refractivity contribution in [1.82, 2.24) is 5.32 Å². The molecule has 3 atom stereocenters. The van der Waals surface area contributed by atoms with Crippen molar-refractivity contribution >= 4 is 11.8 Å². The van der Waals surface area contributed by atoms with E-state index in [4.69, 9.17) is 0 Å². The van der Waals surface area contributed by atoms with E-state index in [1.165, 1.54) is 50.7 Å². The molecule has 2 heteroatoms. The molecule has 1 aliphatic rings. The van der Waals surface area contributed by atoms with Crippen LogP contribution in [0, 0.1) is 5.92 Å². The zero-order valence-corrected chi connectivity index (χ0v) is 12.1. The van der Waals surface area contributed by atoms with Crippen LogP contribution in [-0.4, -0.2) is 24.1 Å². The second kappa shape index (κ2) is 8.41. The van der Waals surface area contributed by atoms with E-state index >= 15 is 0 Å². The molecule has 1 aliphatic heterocycles. The molecule has 3 unspecified atom stereocenters. The van der Waals surface area contributed by atoms with Gasteiger partial charge in [-0.25, -0.2) is 0 Å². The number of hydrogen-bond donors (Lipinski definition) is 1. The van der Waals surface area contributed by atoms with Gasteiger partial charge in [-0.2, -0.15) is 11.8 Å². The monoisotopic (exact) mass is 243 g/mol. The Morgan fingerprint density at radius 2 is 2.19 bits per heavy atom. The van der Waals surface area contributed by atoms with Crippen LogP contribution < -0.4 is 5.32 Å². The second-order valence-corrected chi connectivity index (χ2v) is 6.45.